The highest BCUT2D eigenvalue weighted by molar-refractivity contribution is 6.02. The Morgan fingerprint density at radius 2 is 1.92 bits per heavy atom. The van der Waals surface area contributed by atoms with Gasteiger partial charge in [0.1, 0.15) is 0 Å². The van der Waals surface area contributed by atoms with Crippen LogP contribution < -0.4 is 10.2 Å². The summed E-state index contributed by atoms with van der Waals surface area (Å²) in [7, 11) is 0. The number of carbonyl (C=O) groups is 2. The van der Waals surface area contributed by atoms with Gasteiger partial charge < -0.3 is 15.3 Å². The number of para-hydroxylation sites is 2. The molecule has 1 aliphatic rings. The van der Waals surface area contributed by atoms with Gasteiger partial charge in [0.05, 0.1) is 23.4 Å². The van der Waals surface area contributed by atoms with Crippen molar-refractivity contribution >= 4 is 23.2 Å². The third kappa shape index (κ3) is 4.57. The van der Waals surface area contributed by atoms with Crippen LogP contribution in [0.3, 0.4) is 0 Å². The summed E-state index contributed by atoms with van der Waals surface area (Å²) in [6.07, 6.45) is 4.37. The van der Waals surface area contributed by atoms with Gasteiger partial charge in [0.15, 0.2) is 0 Å². The first kappa shape index (κ1) is 18.5. The van der Waals surface area contributed by atoms with Crippen molar-refractivity contribution in [2.45, 2.75) is 64.4 Å². The zero-order valence-corrected chi connectivity index (χ0v) is 14.7. The van der Waals surface area contributed by atoms with Crippen molar-refractivity contribution in [1.82, 2.24) is 0 Å². The van der Waals surface area contributed by atoms with Crippen LogP contribution in [-0.2, 0) is 9.59 Å². The molecular formula is C19H28N2O3. The smallest absolute Gasteiger partial charge is 0.227 e. The van der Waals surface area contributed by atoms with Crippen LogP contribution in [0.1, 0.15) is 58.8 Å². The zero-order valence-electron chi connectivity index (χ0n) is 14.7. The SMILES string of the molecule is CCCC(O)(CCC)CC(=O)Nc1ccccc1N1CCCC1=O. The highest BCUT2D eigenvalue weighted by Gasteiger charge is 2.29. The summed E-state index contributed by atoms with van der Waals surface area (Å²) >= 11 is 0. The minimum atomic E-state index is -0.952. The van der Waals surface area contributed by atoms with Crippen LogP contribution in [0.15, 0.2) is 24.3 Å². The Hall–Kier alpha value is -1.88. The van der Waals surface area contributed by atoms with E-state index in [0.717, 1.165) is 24.9 Å². The molecule has 0 saturated carbocycles. The molecule has 1 saturated heterocycles. The summed E-state index contributed by atoms with van der Waals surface area (Å²) in [5.74, 6) is -0.122. The largest absolute Gasteiger partial charge is 0.389 e. The molecule has 2 rings (SSSR count). The number of nitrogens with one attached hydrogen (secondary N) is 1. The van der Waals surface area contributed by atoms with Crippen LogP contribution in [0.4, 0.5) is 11.4 Å². The normalized spacial score (nSPS) is 15.0. The van der Waals surface area contributed by atoms with Crippen molar-refractivity contribution in [2.24, 2.45) is 0 Å². The lowest BCUT2D eigenvalue weighted by Gasteiger charge is -2.27. The Labute approximate surface area is 144 Å². The van der Waals surface area contributed by atoms with Crippen LogP contribution in [0.2, 0.25) is 0 Å². The lowest BCUT2D eigenvalue weighted by Crippen LogP contribution is -2.34. The maximum Gasteiger partial charge on any atom is 0.227 e. The van der Waals surface area contributed by atoms with Gasteiger partial charge in [-0.3, -0.25) is 9.59 Å². The van der Waals surface area contributed by atoms with Crippen molar-refractivity contribution in [2.75, 3.05) is 16.8 Å². The molecule has 0 unspecified atom stereocenters. The second kappa shape index (κ2) is 8.29. The monoisotopic (exact) mass is 332 g/mol. The maximum absolute atomic E-state index is 12.5. The molecule has 0 aromatic heterocycles. The number of amides is 2. The Morgan fingerprint density at radius 3 is 2.50 bits per heavy atom. The number of aliphatic hydroxyl groups is 1. The highest BCUT2D eigenvalue weighted by Crippen LogP contribution is 2.30. The van der Waals surface area contributed by atoms with Gasteiger partial charge >= 0.3 is 0 Å². The van der Waals surface area contributed by atoms with Gasteiger partial charge in [0, 0.05) is 13.0 Å². The van der Waals surface area contributed by atoms with E-state index in [0.29, 0.717) is 31.5 Å². The second-order valence-corrected chi connectivity index (χ2v) is 6.62. The molecule has 2 N–H and O–H groups in total. The molecule has 0 atom stereocenters. The summed E-state index contributed by atoms with van der Waals surface area (Å²) in [5.41, 5.74) is 0.419. The summed E-state index contributed by atoms with van der Waals surface area (Å²) in [6.45, 7) is 4.70. The Morgan fingerprint density at radius 1 is 1.25 bits per heavy atom. The molecule has 5 heteroatoms. The van der Waals surface area contributed by atoms with E-state index in [-0.39, 0.29) is 18.2 Å². The van der Waals surface area contributed by atoms with Gasteiger partial charge in [0.25, 0.3) is 0 Å². The van der Waals surface area contributed by atoms with Gasteiger partial charge in [-0.2, -0.15) is 0 Å². The van der Waals surface area contributed by atoms with E-state index in [1.165, 1.54) is 0 Å². The molecule has 0 radical (unpaired) electrons. The topological polar surface area (TPSA) is 69.6 Å². The predicted octanol–water partition coefficient (Wildman–Crippen LogP) is 3.47. The summed E-state index contributed by atoms with van der Waals surface area (Å²) < 4.78 is 0. The molecule has 1 heterocycles. The first-order valence-corrected chi connectivity index (χ1v) is 8.90. The first-order chi connectivity index (χ1) is 11.5. The Kier molecular flexibility index (Phi) is 6.37. The molecule has 1 aromatic rings. The van der Waals surface area contributed by atoms with Crippen LogP contribution in [0, 0.1) is 0 Å². The van der Waals surface area contributed by atoms with Crippen LogP contribution in [-0.4, -0.2) is 29.1 Å². The van der Waals surface area contributed by atoms with Crippen molar-refractivity contribution < 1.29 is 14.7 Å². The van der Waals surface area contributed by atoms with E-state index < -0.39 is 5.60 Å². The molecule has 0 spiro atoms. The minimum Gasteiger partial charge on any atom is -0.389 e. The fraction of sp³-hybridized carbons (Fsp3) is 0.579. The zero-order chi connectivity index (χ0) is 17.6. The molecular weight excluding hydrogens is 304 g/mol. The number of nitrogens with zero attached hydrogens (tertiary/aromatic N) is 1. The lowest BCUT2D eigenvalue weighted by molar-refractivity contribution is -0.122. The molecule has 1 fully saturated rings. The fourth-order valence-corrected chi connectivity index (χ4v) is 3.44. The summed E-state index contributed by atoms with van der Waals surface area (Å²) in [4.78, 5) is 26.2. The van der Waals surface area contributed by atoms with E-state index in [4.69, 9.17) is 0 Å². The van der Waals surface area contributed by atoms with Crippen molar-refractivity contribution in [3.05, 3.63) is 24.3 Å². The molecule has 132 valence electrons. The summed E-state index contributed by atoms with van der Waals surface area (Å²) in [5, 5.41) is 13.5. The maximum atomic E-state index is 12.5. The average Bonchev–Trinajstić information content (AvgIpc) is 2.94. The molecule has 1 aliphatic heterocycles. The van der Waals surface area contributed by atoms with Gasteiger partial charge in [-0.25, -0.2) is 0 Å². The van der Waals surface area contributed by atoms with Gasteiger partial charge in [0.2, 0.25) is 11.8 Å². The van der Waals surface area contributed by atoms with E-state index in [1.807, 2.05) is 32.0 Å². The standard InChI is InChI=1S/C19H28N2O3/c1-3-11-19(24,12-4-2)14-17(22)20-15-8-5-6-9-16(15)21-13-7-10-18(21)23/h5-6,8-9,24H,3-4,7,10-14H2,1-2H3,(H,20,22). The van der Waals surface area contributed by atoms with Crippen LogP contribution in [0.25, 0.3) is 0 Å². The van der Waals surface area contributed by atoms with Crippen LogP contribution >= 0.6 is 0 Å². The Bertz CT molecular complexity index is 580. The number of hydrogen-bond donors (Lipinski definition) is 2. The third-order valence-corrected chi connectivity index (χ3v) is 4.46. The van der Waals surface area contributed by atoms with E-state index >= 15 is 0 Å². The number of rotatable bonds is 8. The number of benzene rings is 1. The molecule has 5 nitrogen and oxygen atoms in total. The minimum absolute atomic E-state index is 0.0803. The van der Waals surface area contributed by atoms with Gasteiger partial charge in [-0.15, -0.1) is 0 Å². The first-order valence-electron chi connectivity index (χ1n) is 8.90. The molecule has 1 aromatic carbocycles. The fourth-order valence-electron chi connectivity index (χ4n) is 3.44. The quantitative estimate of drug-likeness (QED) is 0.766. The molecule has 2 amide bonds. The Balaban J connectivity index is 2.10. The van der Waals surface area contributed by atoms with E-state index in [9.17, 15) is 14.7 Å². The predicted molar refractivity (Wildman–Crippen MR) is 96.0 cm³/mol. The van der Waals surface area contributed by atoms with E-state index in [1.54, 1.807) is 11.0 Å². The number of carbonyl (C=O) groups excluding carboxylic acids is 2. The highest BCUT2D eigenvalue weighted by atomic mass is 16.3. The summed E-state index contributed by atoms with van der Waals surface area (Å²) in [6, 6.07) is 7.35. The lowest BCUT2D eigenvalue weighted by atomic mass is 9.89. The third-order valence-electron chi connectivity index (χ3n) is 4.46. The van der Waals surface area contributed by atoms with Gasteiger partial charge in [-0.1, -0.05) is 38.8 Å². The number of anilines is 2. The van der Waals surface area contributed by atoms with E-state index in [2.05, 4.69) is 5.32 Å². The average molecular weight is 332 g/mol. The number of hydrogen-bond acceptors (Lipinski definition) is 3. The van der Waals surface area contributed by atoms with Crippen molar-refractivity contribution in [3.63, 3.8) is 0 Å². The molecule has 0 aliphatic carbocycles. The van der Waals surface area contributed by atoms with Crippen LogP contribution in [0.5, 0.6) is 0 Å². The van der Waals surface area contributed by atoms with Gasteiger partial charge in [-0.05, 0) is 31.4 Å². The molecule has 0 bridgehead atoms. The molecule has 24 heavy (non-hydrogen) atoms. The van der Waals surface area contributed by atoms with Crippen molar-refractivity contribution in [3.8, 4) is 0 Å². The van der Waals surface area contributed by atoms with Crippen molar-refractivity contribution in [1.29, 1.82) is 0 Å². The second-order valence-electron chi connectivity index (χ2n) is 6.62.